The maximum Gasteiger partial charge on any atom is 0.281 e. The van der Waals surface area contributed by atoms with Gasteiger partial charge in [0, 0.05) is 12.6 Å². The fourth-order valence-corrected chi connectivity index (χ4v) is 2.96. The molecule has 0 aliphatic carbocycles. The number of methoxy groups -OCH3 is 1. The van der Waals surface area contributed by atoms with Gasteiger partial charge in [-0.25, -0.2) is 0 Å². The predicted octanol–water partition coefficient (Wildman–Crippen LogP) is 2.01. The van der Waals surface area contributed by atoms with Crippen LogP contribution in [-0.2, 0) is 6.42 Å². The molecule has 0 amide bonds. The molecule has 1 unspecified atom stereocenters. The maximum absolute atomic E-state index is 13.0. The van der Waals surface area contributed by atoms with Crippen LogP contribution in [0.3, 0.4) is 0 Å². The van der Waals surface area contributed by atoms with E-state index in [1.807, 2.05) is 44.2 Å². The number of aryl methyl sites for hydroxylation is 1. The van der Waals surface area contributed by atoms with Gasteiger partial charge in [0.25, 0.3) is 11.3 Å². The number of hydrogen-bond donors (Lipinski definition) is 0. The Balaban J connectivity index is 1.84. The van der Waals surface area contributed by atoms with Crippen molar-refractivity contribution in [1.29, 1.82) is 0 Å². The van der Waals surface area contributed by atoms with Crippen LogP contribution in [0.15, 0.2) is 41.3 Å². The Morgan fingerprint density at radius 1 is 1.15 bits per heavy atom. The van der Waals surface area contributed by atoms with Crippen molar-refractivity contribution in [2.45, 2.75) is 26.3 Å². The molecular weight excluding hydrogens is 332 g/mol. The Morgan fingerprint density at radius 3 is 2.62 bits per heavy atom. The number of hydrogen-bond acceptors (Lipinski definition) is 6. The number of pyridine rings is 1. The highest BCUT2D eigenvalue weighted by atomic mass is 16.5. The monoisotopic (exact) mass is 350 g/mol. The SMILES string of the molecule is CCc1nc2nnc3c(=O)n(C(C)c4ccc(OC)cc4)ccc3n2n1. The van der Waals surface area contributed by atoms with Crippen molar-refractivity contribution in [3.63, 3.8) is 0 Å². The zero-order valence-electron chi connectivity index (χ0n) is 14.7. The summed E-state index contributed by atoms with van der Waals surface area (Å²) in [6, 6.07) is 9.32. The van der Waals surface area contributed by atoms with Crippen LogP contribution in [0.25, 0.3) is 16.8 Å². The first kappa shape index (κ1) is 16.2. The van der Waals surface area contributed by atoms with Gasteiger partial charge < -0.3 is 9.30 Å². The third-order valence-electron chi connectivity index (χ3n) is 4.51. The van der Waals surface area contributed by atoms with Gasteiger partial charge in [-0.2, -0.15) is 9.50 Å². The molecular formula is C18H18N6O2. The Morgan fingerprint density at radius 2 is 1.92 bits per heavy atom. The lowest BCUT2D eigenvalue weighted by Crippen LogP contribution is -2.25. The van der Waals surface area contributed by atoms with Gasteiger partial charge in [0.2, 0.25) is 0 Å². The van der Waals surface area contributed by atoms with Crippen molar-refractivity contribution in [2.24, 2.45) is 0 Å². The molecule has 1 atom stereocenters. The highest BCUT2D eigenvalue weighted by Gasteiger charge is 2.15. The minimum Gasteiger partial charge on any atom is -0.497 e. The van der Waals surface area contributed by atoms with E-state index in [0.29, 0.717) is 23.5 Å². The minimum absolute atomic E-state index is 0.155. The normalized spacial score (nSPS) is 12.6. The standard InChI is InChI=1S/C18H18N6O2/c1-4-15-19-18-21-20-16-14(24(18)22-15)9-10-23(17(16)25)11(2)12-5-7-13(26-3)8-6-12/h5-11H,4H2,1-3H3. The topological polar surface area (TPSA) is 87.2 Å². The van der Waals surface area contributed by atoms with Crippen molar-refractivity contribution in [3.05, 3.63) is 58.3 Å². The molecule has 0 aliphatic heterocycles. The van der Waals surface area contributed by atoms with Crippen LogP contribution >= 0.6 is 0 Å². The summed E-state index contributed by atoms with van der Waals surface area (Å²) in [4.78, 5) is 17.3. The number of benzene rings is 1. The number of fused-ring (bicyclic) bond motifs is 3. The predicted molar refractivity (Wildman–Crippen MR) is 96.5 cm³/mol. The third kappa shape index (κ3) is 2.50. The number of nitrogens with zero attached hydrogens (tertiary/aromatic N) is 6. The highest BCUT2D eigenvalue weighted by Crippen LogP contribution is 2.20. The van der Waals surface area contributed by atoms with E-state index >= 15 is 0 Å². The molecule has 0 N–H and O–H groups in total. The molecule has 0 saturated carbocycles. The molecule has 3 heterocycles. The third-order valence-corrected chi connectivity index (χ3v) is 4.51. The second-order valence-corrected chi connectivity index (χ2v) is 6.00. The van der Waals surface area contributed by atoms with E-state index in [9.17, 15) is 4.79 Å². The van der Waals surface area contributed by atoms with E-state index < -0.39 is 0 Å². The van der Waals surface area contributed by atoms with Gasteiger partial charge in [-0.3, -0.25) is 4.79 Å². The van der Waals surface area contributed by atoms with Crippen LogP contribution in [0, 0.1) is 0 Å². The van der Waals surface area contributed by atoms with E-state index in [2.05, 4.69) is 20.3 Å². The summed E-state index contributed by atoms with van der Waals surface area (Å²) in [5.41, 5.74) is 1.65. The fraction of sp³-hybridized carbons (Fsp3) is 0.278. The Bertz CT molecular complexity index is 1150. The summed E-state index contributed by atoms with van der Waals surface area (Å²) in [6.07, 6.45) is 2.45. The molecule has 8 nitrogen and oxygen atoms in total. The van der Waals surface area contributed by atoms with Crippen molar-refractivity contribution in [1.82, 2.24) is 29.4 Å². The van der Waals surface area contributed by atoms with E-state index in [-0.39, 0.29) is 17.1 Å². The molecule has 4 aromatic rings. The first-order valence-corrected chi connectivity index (χ1v) is 8.39. The summed E-state index contributed by atoms with van der Waals surface area (Å²) >= 11 is 0. The average Bonchev–Trinajstić information content (AvgIpc) is 3.11. The second-order valence-electron chi connectivity index (χ2n) is 6.00. The van der Waals surface area contributed by atoms with Gasteiger partial charge in [-0.1, -0.05) is 19.1 Å². The molecule has 0 radical (unpaired) electrons. The van der Waals surface area contributed by atoms with Crippen LogP contribution < -0.4 is 10.3 Å². The molecule has 0 fully saturated rings. The lowest BCUT2D eigenvalue weighted by Gasteiger charge is -2.16. The number of rotatable bonds is 4. The summed E-state index contributed by atoms with van der Waals surface area (Å²) < 4.78 is 8.40. The molecule has 4 rings (SSSR count). The second kappa shape index (κ2) is 6.21. The molecule has 0 saturated heterocycles. The van der Waals surface area contributed by atoms with Gasteiger partial charge in [0.05, 0.1) is 13.2 Å². The Hall–Kier alpha value is -3.29. The van der Waals surface area contributed by atoms with E-state index in [0.717, 1.165) is 11.3 Å². The molecule has 1 aromatic carbocycles. The average molecular weight is 350 g/mol. The molecule has 132 valence electrons. The van der Waals surface area contributed by atoms with Crippen LogP contribution in [-0.4, -0.2) is 36.5 Å². The van der Waals surface area contributed by atoms with E-state index in [1.54, 1.807) is 22.4 Å². The fourth-order valence-electron chi connectivity index (χ4n) is 2.96. The molecule has 3 aromatic heterocycles. The zero-order chi connectivity index (χ0) is 18.3. The van der Waals surface area contributed by atoms with Gasteiger partial charge in [-0.15, -0.1) is 15.3 Å². The van der Waals surface area contributed by atoms with Crippen LogP contribution in [0.5, 0.6) is 5.75 Å². The molecule has 0 bridgehead atoms. The first-order valence-electron chi connectivity index (χ1n) is 8.39. The largest absolute Gasteiger partial charge is 0.497 e. The van der Waals surface area contributed by atoms with Crippen LogP contribution in [0.4, 0.5) is 0 Å². The van der Waals surface area contributed by atoms with Crippen molar-refractivity contribution in [2.75, 3.05) is 7.11 Å². The zero-order valence-corrected chi connectivity index (χ0v) is 14.7. The van der Waals surface area contributed by atoms with Gasteiger partial charge in [0.15, 0.2) is 11.3 Å². The van der Waals surface area contributed by atoms with Crippen molar-refractivity contribution < 1.29 is 4.74 Å². The van der Waals surface area contributed by atoms with Gasteiger partial charge >= 0.3 is 0 Å². The van der Waals surface area contributed by atoms with Gasteiger partial charge in [0.1, 0.15) is 11.3 Å². The van der Waals surface area contributed by atoms with E-state index in [1.165, 1.54) is 0 Å². The highest BCUT2D eigenvalue weighted by molar-refractivity contribution is 5.74. The maximum atomic E-state index is 13.0. The molecule has 0 spiro atoms. The summed E-state index contributed by atoms with van der Waals surface area (Å²) in [5, 5.41) is 12.5. The molecule has 0 aliphatic rings. The number of ether oxygens (including phenoxy) is 1. The quantitative estimate of drug-likeness (QED) is 0.559. The van der Waals surface area contributed by atoms with Gasteiger partial charge in [-0.05, 0) is 30.7 Å². The van der Waals surface area contributed by atoms with E-state index in [4.69, 9.17) is 4.74 Å². The Labute approximate surface area is 149 Å². The lowest BCUT2D eigenvalue weighted by molar-refractivity contribution is 0.414. The molecule has 8 heteroatoms. The van der Waals surface area contributed by atoms with Crippen LogP contribution in [0.1, 0.15) is 31.3 Å². The smallest absolute Gasteiger partial charge is 0.281 e. The summed E-state index contributed by atoms with van der Waals surface area (Å²) in [5.74, 6) is 1.84. The lowest BCUT2D eigenvalue weighted by atomic mass is 10.1. The minimum atomic E-state index is -0.214. The first-order chi connectivity index (χ1) is 12.6. The van der Waals surface area contributed by atoms with Crippen molar-refractivity contribution >= 4 is 16.8 Å². The Kier molecular flexibility index (Phi) is 3.87. The summed E-state index contributed by atoms with van der Waals surface area (Å²) in [7, 11) is 1.62. The number of aromatic nitrogens is 6. The summed E-state index contributed by atoms with van der Waals surface area (Å²) in [6.45, 7) is 3.93. The van der Waals surface area contributed by atoms with Crippen LogP contribution in [0.2, 0.25) is 0 Å². The molecule has 26 heavy (non-hydrogen) atoms. The van der Waals surface area contributed by atoms with Crippen molar-refractivity contribution in [3.8, 4) is 5.75 Å².